The number of hydrogen-bond acceptors (Lipinski definition) is 5. The highest BCUT2D eigenvalue weighted by molar-refractivity contribution is 7.89. The second-order valence-electron chi connectivity index (χ2n) is 10.9. The molecule has 37 heavy (non-hydrogen) atoms. The Labute approximate surface area is 218 Å². The van der Waals surface area contributed by atoms with Crippen molar-refractivity contribution in [3.63, 3.8) is 0 Å². The number of ketones is 1. The molecule has 1 spiro atoms. The van der Waals surface area contributed by atoms with Crippen LogP contribution < -0.4 is 5.32 Å². The first kappa shape index (κ1) is 27.8. The lowest BCUT2D eigenvalue weighted by Gasteiger charge is -2.34. The van der Waals surface area contributed by atoms with Crippen LogP contribution in [0.2, 0.25) is 0 Å². The van der Waals surface area contributed by atoms with Crippen LogP contribution in [0.1, 0.15) is 68.6 Å². The minimum Gasteiger partial charge on any atom is -0.312 e. The SMILES string of the molecule is CC(=O)Cc1ccc(CCS(=O)(=O)N2CCC3(CC2)N=C(C2CCC(CC(F)F)CC2)NC3=O)c(C)c1. The molecule has 1 saturated carbocycles. The van der Waals surface area contributed by atoms with Gasteiger partial charge in [0, 0.05) is 31.8 Å². The number of aliphatic imine (C=N–C) groups is 1. The molecule has 1 aromatic carbocycles. The average Bonchev–Trinajstić information content (AvgIpc) is 3.14. The van der Waals surface area contributed by atoms with Crippen molar-refractivity contribution in [3.8, 4) is 0 Å². The summed E-state index contributed by atoms with van der Waals surface area (Å²) in [6, 6.07) is 5.71. The topological polar surface area (TPSA) is 95.9 Å². The van der Waals surface area contributed by atoms with Gasteiger partial charge < -0.3 is 5.32 Å². The highest BCUT2D eigenvalue weighted by atomic mass is 32.2. The first-order chi connectivity index (χ1) is 17.5. The van der Waals surface area contributed by atoms with Gasteiger partial charge in [0.05, 0.1) is 5.75 Å². The molecule has 0 aromatic heterocycles. The number of Topliss-reactive ketones (excluding diaryl/α,β-unsaturated/α-hetero) is 1. The lowest BCUT2D eigenvalue weighted by molar-refractivity contribution is -0.125. The number of piperidine rings is 1. The Morgan fingerprint density at radius 1 is 1.19 bits per heavy atom. The third kappa shape index (κ3) is 6.63. The summed E-state index contributed by atoms with van der Waals surface area (Å²) in [5.41, 5.74) is 1.91. The Kier molecular flexibility index (Phi) is 8.48. The third-order valence-electron chi connectivity index (χ3n) is 8.18. The van der Waals surface area contributed by atoms with Crippen LogP contribution in [0.25, 0.3) is 0 Å². The summed E-state index contributed by atoms with van der Waals surface area (Å²) in [5, 5.41) is 2.94. The normalized spacial score (nSPS) is 24.4. The molecule has 204 valence electrons. The molecule has 0 unspecified atom stereocenters. The van der Waals surface area contributed by atoms with Crippen molar-refractivity contribution in [3.05, 3.63) is 34.9 Å². The summed E-state index contributed by atoms with van der Waals surface area (Å²) >= 11 is 0. The van der Waals surface area contributed by atoms with Gasteiger partial charge in [-0.2, -0.15) is 0 Å². The summed E-state index contributed by atoms with van der Waals surface area (Å²) in [5.74, 6) is 0.649. The van der Waals surface area contributed by atoms with Crippen LogP contribution in [0.4, 0.5) is 8.78 Å². The largest absolute Gasteiger partial charge is 0.312 e. The number of sulfonamides is 1. The second kappa shape index (κ2) is 11.3. The number of alkyl halides is 2. The van der Waals surface area contributed by atoms with Crippen LogP contribution in [0.3, 0.4) is 0 Å². The molecule has 2 fully saturated rings. The number of rotatable bonds is 9. The van der Waals surface area contributed by atoms with E-state index in [1.807, 2.05) is 25.1 Å². The van der Waals surface area contributed by atoms with E-state index in [0.717, 1.165) is 29.5 Å². The van der Waals surface area contributed by atoms with Crippen molar-refractivity contribution in [2.45, 2.75) is 83.6 Å². The third-order valence-corrected chi connectivity index (χ3v) is 10.0. The number of nitrogens with zero attached hydrogens (tertiary/aromatic N) is 2. The van der Waals surface area contributed by atoms with Gasteiger partial charge in [-0.3, -0.25) is 14.6 Å². The fourth-order valence-corrected chi connectivity index (χ4v) is 7.41. The molecule has 1 aromatic rings. The average molecular weight is 538 g/mol. The Balaban J connectivity index is 1.32. The van der Waals surface area contributed by atoms with Crippen molar-refractivity contribution < 1.29 is 26.8 Å². The molecule has 1 saturated heterocycles. The molecule has 3 aliphatic rings. The molecule has 7 nitrogen and oxygen atoms in total. The van der Waals surface area contributed by atoms with Gasteiger partial charge in [-0.05, 0) is 81.4 Å². The van der Waals surface area contributed by atoms with Gasteiger partial charge in [0.1, 0.15) is 17.2 Å². The van der Waals surface area contributed by atoms with Crippen molar-refractivity contribution in [1.82, 2.24) is 9.62 Å². The molecule has 1 aliphatic carbocycles. The summed E-state index contributed by atoms with van der Waals surface area (Å²) in [6.07, 6.45) is 1.97. The van der Waals surface area contributed by atoms with E-state index in [1.165, 1.54) is 4.31 Å². The van der Waals surface area contributed by atoms with E-state index < -0.39 is 22.0 Å². The Morgan fingerprint density at radius 3 is 2.46 bits per heavy atom. The van der Waals surface area contributed by atoms with E-state index in [-0.39, 0.29) is 48.8 Å². The predicted octanol–water partition coefficient (Wildman–Crippen LogP) is 3.82. The van der Waals surface area contributed by atoms with Crippen molar-refractivity contribution in [1.29, 1.82) is 0 Å². The zero-order chi connectivity index (χ0) is 26.8. The summed E-state index contributed by atoms with van der Waals surface area (Å²) < 4.78 is 53.0. The van der Waals surface area contributed by atoms with Crippen LogP contribution >= 0.6 is 0 Å². The van der Waals surface area contributed by atoms with Gasteiger partial charge in [0.2, 0.25) is 16.4 Å². The Hall–Kier alpha value is -2.20. The quantitative estimate of drug-likeness (QED) is 0.518. The van der Waals surface area contributed by atoms with E-state index in [1.54, 1.807) is 6.92 Å². The number of halogens is 2. The molecular formula is C27H37F2N3O4S. The highest BCUT2D eigenvalue weighted by Crippen LogP contribution is 2.37. The van der Waals surface area contributed by atoms with Crippen molar-refractivity contribution in [2.75, 3.05) is 18.8 Å². The highest BCUT2D eigenvalue weighted by Gasteiger charge is 2.48. The van der Waals surface area contributed by atoms with Gasteiger partial charge in [0.25, 0.3) is 5.91 Å². The number of hydrogen-bond donors (Lipinski definition) is 1. The van der Waals surface area contributed by atoms with Crippen LogP contribution in [-0.2, 0) is 32.5 Å². The van der Waals surface area contributed by atoms with E-state index in [4.69, 9.17) is 4.99 Å². The van der Waals surface area contributed by atoms with Crippen molar-refractivity contribution >= 4 is 27.5 Å². The van der Waals surface area contributed by atoms with E-state index >= 15 is 0 Å². The zero-order valence-corrected chi connectivity index (χ0v) is 22.5. The summed E-state index contributed by atoms with van der Waals surface area (Å²) in [4.78, 5) is 29.0. The molecule has 2 heterocycles. The number of carbonyl (C=O) groups is 2. The van der Waals surface area contributed by atoms with Crippen LogP contribution in [0, 0.1) is 18.8 Å². The fraction of sp³-hybridized carbons (Fsp3) is 0.667. The van der Waals surface area contributed by atoms with Crippen LogP contribution in [-0.4, -0.2) is 61.1 Å². The molecule has 0 atom stereocenters. The predicted molar refractivity (Wildman–Crippen MR) is 138 cm³/mol. The zero-order valence-electron chi connectivity index (χ0n) is 21.6. The van der Waals surface area contributed by atoms with Gasteiger partial charge in [-0.1, -0.05) is 18.2 Å². The Bertz CT molecular complexity index is 1150. The lowest BCUT2D eigenvalue weighted by atomic mass is 9.80. The first-order valence-corrected chi connectivity index (χ1v) is 14.8. The monoisotopic (exact) mass is 537 g/mol. The Morgan fingerprint density at radius 2 is 1.86 bits per heavy atom. The van der Waals surface area contributed by atoms with Crippen molar-refractivity contribution in [2.24, 2.45) is 16.8 Å². The molecular weight excluding hydrogens is 500 g/mol. The number of aryl methyl sites for hydroxylation is 2. The van der Waals surface area contributed by atoms with E-state index in [2.05, 4.69) is 5.32 Å². The number of benzene rings is 1. The number of carbonyl (C=O) groups excluding carboxylic acids is 2. The second-order valence-corrected chi connectivity index (χ2v) is 13.0. The first-order valence-electron chi connectivity index (χ1n) is 13.2. The molecule has 2 aliphatic heterocycles. The molecule has 0 bridgehead atoms. The van der Waals surface area contributed by atoms with Crippen LogP contribution in [0.15, 0.2) is 23.2 Å². The number of nitrogens with one attached hydrogen (secondary N) is 1. The number of amides is 1. The van der Waals surface area contributed by atoms with E-state index in [9.17, 15) is 26.8 Å². The molecule has 1 N–H and O–H groups in total. The minimum atomic E-state index is -3.50. The smallest absolute Gasteiger partial charge is 0.253 e. The lowest BCUT2D eigenvalue weighted by Crippen LogP contribution is -2.51. The molecule has 1 amide bonds. The standard InChI is InChI=1S/C27H37F2N3O4S/c1-18-15-21(16-19(2)33)5-6-22(18)9-14-37(35,36)32-12-10-27(11-13-32)26(34)30-25(31-27)23-7-3-20(4-8-23)17-24(28)29/h5-6,15,20,23-24H,3-4,7-14,16-17H2,1-2H3,(H,30,31,34). The maximum Gasteiger partial charge on any atom is 0.253 e. The number of amidine groups is 1. The van der Waals surface area contributed by atoms with E-state index in [0.29, 0.717) is 44.4 Å². The van der Waals surface area contributed by atoms with Gasteiger partial charge in [-0.15, -0.1) is 0 Å². The molecule has 0 radical (unpaired) electrons. The summed E-state index contributed by atoms with van der Waals surface area (Å²) in [7, 11) is -3.50. The fourth-order valence-electron chi connectivity index (χ4n) is 5.94. The summed E-state index contributed by atoms with van der Waals surface area (Å²) in [6.45, 7) is 3.95. The van der Waals surface area contributed by atoms with Gasteiger partial charge >= 0.3 is 0 Å². The van der Waals surface area contributed by atoms with Gasteiger partial charge in [0.15, 0.2) is 0 Å². The maximum absolute atomic E-state index is 13.1. The minimum absolute atomic E-state index is 0.0184. The van der Waals surface area contributed by atoms with Gasteiger partial charge in [-0.25, -0.2) is 21.5 Å². The molecule has 10 heteroatoms. The van der Waals surface area contributed by atoms with Crippen LogP contribution in [0.5, 0.6) is 0 Å². The molecule has 4 rings (SSSR count). The maximum atomic E-state index is 13.1.